The van der Waals surface area contributed by atoms with Crippen molar-refractivity contribution in [3.8, 4) is 0 Å². The lowest BCUT2D eigenvalue weighted by Gasteiger charge is -2.21. The van der Waals surface area contributed by atoms with Gasteiger partial charge in [0.2, 0.25) is 5.91 Å². The number of benzene rings is 1. The lowest BCUT2D eigenvalue weighted by Crippen LogP contribution is -2.46. The molecule has 0 aliphatic rings. The second-order valence-electron chi connectivity index (χ2n) is 6.98. The van der Waals surface area contributed by atoms with Crippen LogP contribution in [0.3, 0.4) is 0 Å². The monoisotopic (exact) mass is 346 g/mol. The topological polar surface area (TPSA) is 85.2 Å². The van der Waals surface area contributed by atoms with E-state index in [2.05, 4.69) is 15.6 Å². The van der Waals surface area contributed by atoms with E-state index in [1.165, 1.54) is 0 Å². The van der Waals surface area contributed by atoms with Crippen molar-refractivity contribution in [3.05, 3.63) is 30.1 Å². The second kappa shape index (κ2) is 7.55. The summed E-state index contributed by atoms with van der Waals surface area (Å²) in [5.41, 5.74) is 1.40. The molecule has 0 saturated heterocycles. The highest BCUT2D eigenvalue weighted by atomic mass is 16.6. The summed E-state index contributed by atoms with van der Waals surface area (Å²) in [4.78, 5) is 28.3. The Kier molecular flexibility index (Phi) is 5.66. The van der Waals surface area contributed by atoms with E-state index in [9.17, 15) is 9.59 Å². The quantitative estimate of drug-likeness (QED) is 0.869. The van der Waals surface area contributed by atoms with Crippen LogP contribution in [0.4, 0.5) is 4.79 Å². The van der Waals surface area contributed by atoms with Crippen LogP contribution in [-0.2, 0) is 23.0 Å². The maximum absolute atomic E-state index is 12.1. The van der Waals surface area contributed by atoms with Crippen molar-refractivity contribution >= 4 is 23.0 Å². The first kappa shape index (κ1) is 18.8. The predicted octanol–water partition coefficient (Wildman–Crippen LogP) is 2.15. The zero-order chi connectivity index (χ0) is 18.6. The molecule has 25 heavy (non-hydrogen) atoms. The average molecular weight is 346 g/mol. The van der Waals surface area contributed by atoms with Gasteiger partial charge in [0.05, 0.1) is 11.0 Å². The zero-order valence-electron chi connectivity index (χ0n) is 15.4. The average Bonchev–Trinajstić information content (AvgIpc) is 2.82. The van der Waals surface area contributed by atoms with Gasteiger partial charge >= 0.3 is 6.09 Å². The van der Waals surface area contributed by atoms with Crippen LogP contribution in [-0.4, -0.2) is 39.7 Å². The van der Waals surface area contributed by atoms with Gasteiger partial charge in [0, 0.05) is 20.0 Å². The smallest absolute Gasteiger partial charge is 0.408 e. The predicted molar refractivity (Wildman–Crippen MR) is 96.3 cm³/mol. The van der Waals surface area contributed by atoms with Gasteiger partial charge in [-0.3, -0.25) is 4.79 Å². The Bertz CT molecular complexity index is 761. The fraction of sp³-hybridized carbons (Fsp3) is 0.500. The molecule has 0 saturated carbocycles. The molecule has 1 atom stereocenters. The van der Waals surface area contributed by atoms with E-state index >= 15 is 0 Å². The van der Waals surface area contributed by atoms with Gasteiger partial charge in [0.15, 0.2) is 0 Å². The standard InChI is InChI=1S/C18H26N4O3/c1-12(20-17(24)25-18(2,3)4)16(23)19-11-10-15-21-13-8-6-7-9-14(13)22(15)5/h6-9,12H,10-11H2,1-5H3,(H,19,23)(H,20,24)/t12-/m0/s1. The van der Waals surface area contributed by atoms with Gasteiger partial charge in [-0.1, -0.05) is 12.1 Å². The maximum Gasteiger partial charge on any atom is 0.408 e. The number of hydrogen-bond donors (Lipinski definition) is 2. The van der Waals surface area contributed by atoms with Crippen molar-refractivity contribution in [2.24, 2.45) is 7.05 Å². The number of alkyl carbamates (subject to hydrolysis) is 1. The Hall–Kier alpha value is -2.57. The molecule has 2 rings (SSSR count). The lowest BCUT2D eigenvalue weighted by atomic mass is 10.2. The van der Waals surface area contributed by atoms with E-state index < -0.39 is 17.7 Å². The number of nitrogens with one attached hydrogen (secondary N) is 2. The molecule has 1 aromatic carbocycles. The Morgan fingerprint density at radius 1 is 1.28 bits per heavy atom. The van der Waals surface area contributed by atoms with Crippen LogP contribution in [0, 0.1) is 0 Å². The summed E-state index contributed by atoms with van der Waals surface area (Å²) >= 11 is 0. The molecule has 0 aliphatic heterocycles. The molecule has 7 nitrogen and oxygen atoms in total. The molecule has 136 valence electrons. The van der Waals surface area contributed by atoms with Crippen molar-refractivity contribution < 1.29 is 14.3 Å². The molecule has 0 fully saturated rings. The number of carbonyl (C=O) groups is 2. The number of para-hydroxylation sites is 2. The van der Waals surface area contributed by atoms with Crippen LogP contribution in [0.1, 0.15) is 33.5 Å². The van der Waals surface area contributed by atoms with Crippen LogP contribution in [0.25, 0.3) is 11.0 Å². The van der Waals surface area contributed by atoms with E-state index in [1.807, 2.05) is 35.9 Å². The van der Waals surface area contributed by atoms with Crippen molar-refractivity contribution in [2.45, 2.75) is 45.8 Å². The van der Waals surface area contributed by atoms with Crippen LogP contribution < -0.4 is 10.6 Å². The number of imidazole rings is 1. The number of rotatable bonds is 5. The van der Waals surface area contributed by atoms with Gasteiger partial charge in [-0.05, 0) is 39.8 Å². The van der Waals surface area contributed by atoms with E-state index in [0.717, 1.165) is 16.9 Å². The number of nitrogens with zero attached hydrogens (tertiary/aromatic N) is 2. The summed E-state index contributed by atoms with van der Waals surface area (Å²) in [5, 5.41) is 5.33. The molecule has 0 spiro atoms. The molecule has 0 aliphatic carbocycles. The van der Waals surface area contributed by atoms with E-state index in [4.69, 9.17) is 4.74 Å². The molecule has 0 bridgehead atoms. The Morgan fingerprint density at radius 3 is 2.60 bits per heavy atom. The maximum atomic E-state index is 12.1. The number of ether oxygens (including phenoxy) is 1. The third kappa shape index (κ3) is 5.20. The molecular formula is C18H26N4O3. The Balaban J connectivity index is 1.83. The van der Waals surface area contributed by atoms with Crippen LogP contribution in [0.2, 0.25) is 0 Å². The molecule has 7 heteroatoms. The van der Waals surface area contributed by atoms with Crippen LogP contribution in [0.15, 0.2) is 24.3 Å². The normalized spacial score (nSPS) is 12.7. The van der Waals surface area contributed by atoms with E-state index in [-0.39, 0.29) is 5.91 Å². The summed E-state index contributed by atoms with van der Waals surface area (Å²) in [6.45, 7) is 7.38. The largest absolute Gasteiger partial charge is 0.444 e. The van der Waals surface area contributed by atoms with Gasteiger partial charge in [-0.15, -0.1) is 0 Å². The number of amides is 2. The highest BCUT2D eigenvalue weighted by Crippen LogP contribution is 2.14. The number of carbonyl (C=O) groups excluding carboxylic acids is 2. The van der Waals surface area contributed by atoms with Gasteiger partial charge in [0.25, 0.3) is 0 Å². The molecule has 1 aromatic heterocycles. The summed E-state index contributed by atoms with van der Waals surface area (Å²) in [5.74, 6) is 0.638. The first-order chi connectivity index (χ1) is 11.7. The minimum atomic E-state index is -0.671. The lowest BCUT2D eigenvalue weighted by molar-refractivity contribution is -0.122. The van der Waals surface area contributed by atoms with Gasteiger partial charge in [0.1, 0.15) is 17.5 Å². The fourth-order valence-corrected chi connectivity index (χ4v) is 2.42. The first-order valence-electron chi connectivity index (χ1n) is 8.35. The van der Waals surface area contributed by atoms with Crippen molar-refractivity contribution in [1.29, 1.82) is 0 Å². The van der Waals surface area contributed by atoms with Crippen LogP contribution in [0.5, 0.6) is 0 Å². The molecule has 0 radical (unpaired) electrons. The van der Waals surface area contributed by atoms with Crippen molar-refractivity contribution in [1.82, 2.24) is 20.2 Å². The molecule has 2 N–H and O–H groups in total. The SMILES string of the molecule is C[C@H](NC(=O)OC(C)(C)C)C(=O)NCCc1nc2ccccc2n1C. The van der Waals surface area contributed by atoms with E-state index in [1.54, 1.807) is 27.7 Å². The summed E-state index contributed by atoms with van der Waals surface area (Å²) in [6.07, 6.45) is 0.00120. The van der Waals surface area contributed by atoms with Gasteiger partial charge in [-0.25, -0.2) is 9.78 Å². The first-order valence-corrected chi connectivity index (χ1v) is 8.35. The summed E-state index contributed by atoms with van der Waals surface area (Å²) in [6, 6.07) is 7.22. The van der Waals surface area contributed by atoms with Crippen molar-refractivity contribution in [2.75, 3.05) is 6.54 Å². The minimum Gasteiger partial charge on any atom is -0.444 e. The fourth-order valence-electron chi connectivity index (χ4n) is 2.42. The molecule has 2 aromatic rings. The number of aromatic nitrogens is 2. The van der Waals surface area contributed by atoms with Crippen LogP contribution >= 0.6 is 0 Å². The highest BCUT2D eigenvalue weighted by Gasteiger charge is 2.20. The third-order valence-electron chi connectivity index (χ3n) is 3.65. The number of hydrogen-bond acceptors (Lipinski definition) is 4. The Labute approximate surface area is 147 Å². The molecule has 0 unspecified atom stereocenters. The number of fused-ring (bicyclic) bond motifs is 1. The van der Waals surface area contributed by atoms with Gasteiger partial charge < -0.3 is 19.9 Å². The van der Waals surface area contributed by atoms with E-state index in [0.29, 0.717) is 13.0 Å². The third-order valence-corrected chi connectivity index (χ3v) is 3.65. The zero-order valence-corrected chi connectivity index (χ0v) is 15.4. The molecule has 1 heterocycles. The molecule has 2 amide bonds. The minimum absolute atomic E-state index is 0.260. The summed E-state index contributed by atoms with van der Waals surface area (Å²) < 4.78 is 7.16. The molecular weight excluding hydrogens is 320 g/mol. The number of aryl methyl sites for hydroxylation is 1. The summed E-state index contributed by atoms with van der Waals surface area (Å²) in [7, 11) is 1.96. The van der Waals surface area contributed by atoms with Crippen molar-refractivity contribution in [3.63, 3.8) is 0 Å². The van der Waals surface area contributed by atoms with Gasteiger partial charge in [-0.2, -0.15) is 0 Å². The highest BCUT2D eigenvalue weighted by molar-refractivity contribution is 5.85. The Morgan fingerprint density at radius 2 is 1.96 bits per heavy atom. The second-order valence-corrected chi connectivity index (χ2v) is 6.98.